The number of hydrogen-bond donors (Lipinski definition) is 0. The second-order valence-corrected chi connectivity index (χ2v) is 1.17. The van der Waals surface area contributed by atoms with Crippen molar-refractivity contribution in [1.82, 2.24) is 0 Å². The summed E-state index contributed by atoms with van der Waals surface area (Å²) in [5.41, 5.74) is 0. The molecule has 0 heterocycles. The first-order valence-corrected chi connectivity index (χ1v) is 2.52. The molecule has 6 heteroatoms. The van der Waals surface area contributed by atoms with Crippen molar-refractivity contribution in [2.24, 2.45) is 0 Å². The van der Waals surface area contributed by atoms with E-state index in [0.29, 0.717) is 6.61 Å². The summed E-state index contributed by atoms with van der Waals surface area (Å²) in [5, 5.41) is 16.7. The third kappa shape index (κ3) is 77.7. The van der Waals surface area contributed by atoms with Gasteiger partial charge in [0.2, 0.25) is 0 Å². The van der Waals surface area contributed by atoms with Crippen molar-refractivity contribution < 1.29 is 54.1 Å². The fourth-order valence-electron chi connectivity index (χ4n) is 0.203. The Bertz CT molecular complexity index is 109. The molecular weight excluding hydrogens is 163 g/mol. The second-order valence-electron chi connectivity index (χ2n) is 1.17. The third-order valence-electron chi connectivity index (χ3n) is 0.348. The molecule has 0 aliphatic rings. The fraction of sp³-hybridized carbons (Fsp3) is 0.600. The number of carboxylic acid groups (broad SMARTS) is 2. The molecule has 0 aliphatic carbocycles. The van der Waals surface area contributed by atoms with Gasteiger partial charge in [0, 0.05) is 6.92 Å². The monoisotopic (exact) mass is 171 g/mol. The zero-order valence-electron chi connectivity index (χ0n) is 6.75. The molecule has 0 aromatic carbocycles. The van der Waals surface area contributed by atoms with E-state index >= 15 is 0 Å². The van der Waals surface area contributed by atoms with Gasteiger partial charge in [-0.25, -0.2) is 0 Å². The van der Waals surface area contributed by atoms with E-state index in [2.05, 4.69) is 4.74 Å². The molecule has 0 bridgehead atoms. The van der Waals surface area contributed by atoms with Gasteiger partial charge >= 0.3 is 35.5 Å². The third-order valence-corrected chi connectivity index (χ3v) is 0.348. The minimum Gasteiger partial charge on any atom is -0.652 e. The predicted octanol–water partition coefficient (Wildman–Crippen LogP) is -4.87. The summed E-state index contributed by atoms with van der Waals surface area (Å²) in [5.74, 6) is -0.211. The van der Waals surface area contributed by atoms with E-state index in [4.69, 9.17) is 15.0 Å². The molecule has 0 N–H and O–H groups in total. The molecule has 0 atom stereocenters. The average Bonchev–Trinajstić information content (AvgIpc) is 1.62. The Balaban J connectivity index is -0.000000114. The van der Waals surface area contributed by atoms with E-state index in [1.54, 1.807) is 6.92 Å². The molecular formula is C5H8NaO5-. The molecule has 0 amide bonds. The van der Waals surface area contributed by atoms with Gasteiger partial charge in [-0.2, -0.15) is 0 Å². The topological polar surface area (TPSA) is 89.5 Å². The van der Waals surface area contributed by atoms with Crippen LogP contribution in [0.3, 0.4) is 0 Å². The molecule has 0 unspecified atom stereocenters. The van der Waals surface area contributed by atoms with E-state index in [0.717, 1.165) is 0 Å². The normalized spacial score (nSPS) is 6.36. The predicted molar refractivity (Wildman–Crippen MR) is 27.7 cm³/mol. The maximum absolute atomic E-state index is 9.82. The van der Waals surface area contributed by atoms with Gasteiger partial charge in [-0.15, -0.1) is 0 Å². The van der Waals surface area contributed by atoms with Crippen LogP contribution in [0.1, 0.15) is 13.8 Å². The molecule has 0 aromatic rings. The Labute approximate surface area is 86.6 Å². The van der Waals surface area contributed by atoms with Gasteiger partial charge in [-0.05, 0) is 13.1 Å². The van der Waals surface area contributed by atoms with Crippen LogP contribution in [0.5, 0.6) is 0 Å². The van der Waals surface area contributed by atoms with E-state index in [9.17, 15) is 4.79 Å². The van der Waals surface area contributed by atoms with Crippen molar-refractivity contribution in [3.63, 3.8) is 0 Å². The zero-order valence-corrected chi connectivity index (χ0v) is 8.75. The van der Waals surface area contributed by atoms with Gasteiger partial charge in [-0.1, -0.05) is 0 Å². The number of carbonyl (C=O) groups excluding carboxylic acids is 2. The van der Waals surface area contributed by atoms with Crippen LogP contribution in [0, 0.1) is 0 Å². The summed E-state index contributed by atoms with van der Waals surface area (Å²) < 4.78 is 4.40. The van der Waals surface area contributed by atoms with Gasteiger partial charge in [0.05, 0.1) is 6.61 Å². The standard InChI is InChI=1S/C4H8O2.CH2O3.Na/c1-3-6-4(2)5;2-1(3)4;/h3H2,1-2H3;(H2,2,3,4);/q;;+1/p-2. The van der Waals surface area contributed by atoms with E-state index in [1.807, 2.05) is 0 Å². The van der Waals surface area contributed by atoms with Crippen LogP contribution in [0.15, 0.2) is 0 Å². The maximum Gasteiger partial charge on any atom is 1.00 e. The first kappa shape index (κ1) is 17.0. The average molecular weight is 171 g/mol. The van der Waals surface area contributed by atoms with Crippen molar-refractivity contribution in [3.05, 3.63) is 0 Å². The van der Waals surface area contributed by atoms with Crippen molar-refractivity contribution in [3.8, 4) is 0 Å². The van der Waals surface area contributed by atoms with Crippen LogP contribution in [0.2, 0.25) is 0 Å². The Morgan fingerprint density at radius 3 is 1.64 bits per heavy atom. The van der Waals surface area contributed by atoms with Crippen molar-refractivity contribution in [2.75, 3.05) is 6.61 Å². The quantitative estimate of drug-likeness (QED) is 0.291. The van der Waals surface area contributed by atoms with Gasteiger partial charge < -0.3 is 19.7 Å². The number of ether oxygens (including phenoxy) is 1. The van der Waals surface area contributed by atoms with Crippen LogP contribution in [0.25, 0.3) is 0 Å². The van der Waals surface area contributed by atoms with Gasteiger partial charge in [0.15, 0.2) is 0 Å². The number of hydrogen-bond acceptors (Lipinski definition) is 5. The summed E-state index contributed by atoms with van der Waals surface area (Å²) >= 11 is 0. The van der Waals surface area contributed by atoms with E-state index in [-0.39, 0.29) is 35.5 Å². The Kier molecular flexibility index (Phi) is 19.2. The molecule has 0 rings (SSSR count). The minimum absolute atomic E-state index is 0. The van der Waals surface area contributed by atoms with E-state index < -0.39 is 6.16 Å². The van der Waals surface area contributed by atoms with Gasteiger partial charge in [0.1, 0.15) is 0 Å². The minimum atomic E-state index is -2.33. The van der Waals surface area contributed by atoms with Gasteiger partial charge in [0.25, 0.3) is 0 Å². The van der Waals surface area contributed by atoms with Gasteiger partial charge in [-0.3, -0.25) is 4.79 Å². The van der Waals surface area contributed by atoms with Crippen LogP contribution in [-0.2, 0) is 9.53 Å². The molecule has 0 saturated heterocycles. The van der Waals surface area contributed by atoms with Crippen molar-refractivity contribution in [1.29, 1.82) is 0 Å². The summed E-state index contributed by atoms with van der Waals surface area (Å²) in [7, 11) is 0. The Morgan fingerprint density at radius 2 is 1.64 bits per heavy atom. The summed E-state index contributed by atoms with van der Waals surface area (Å²) in [6.07, 6.45) is -2.33. The van der Waals surface area contributed by atoms with Crippen LogP contribution in [-0.4, -0.2) is 18.7 Å². The molecule has 0 radical (unpaired) electrons. The molecule has 0 spiro atoms. The molecule has 0 fully saturated rings. The smallest absolute Gasteiger partial charge is 0.652 e. The number of rotatable bonds is 1. The van der Waals surface area contributed by atoms with Crippen molar-refractivity contribution in [2.45, 2.75) is 13.8 Å². The van der Waals surface area contributed by atoms with E-state index in [1.165, 1.54) is 6.92 Å². The fourth-order valence-corrected chi connectivity index (χ4v) is 0.203. The molecule has 0 aliphatic heterocycles. The molecule has 60 valence electrons. The molecule has 0 aromatic heterocycles. The first-order chi connectivity index (χ1) is 4.50. The largest absolute Gasteiger partial charge is 1.00 e. The molecule has 5 nitrogen and oxygen atoms in total. The Hall–Kier alpha value is -0.260. The summed E-state index contributed by atoms with van der Waals surface area (Å²) in [6, 6.07) is 0. The zero-order chi connectivity index (χ0) is 8.57. The molecule has 0 saturated carbocycles. The maximum atomic E-state index is 9.82. The number of carbonyl (C=O) groups is 2. The summed E-state index contributed by atoms with van der Waals surface area (Å²) in [4.78, 5) is 18.2. The van der Waals surface area contributed by atoms with Crippen molar-refractivity contribution >= 4 is 12.1 Å². The summed E-state index contributed by atoms with van der Waals surface area (Å²) in [6.45, 7) is 3.65. The van der Waals surface area contributed by atoms with Crippen LogP contribution < -0.4 is 39.8 Å². The van der Waals surface area contributed by atoms with Crippen LogP contribution >= 0.6 is 0 Å². The Morgan fingerprint density at radius 1 is 1.36 bits per heavy atom. The van der Waals surface area contributed by atoms with Crippen LogP contribution in [0.4, 0.5) is 4.79 Å². The first-order valence-electron chi connectivity index (χ1n) is 2.52. The second kappa shape index (κ2) is 12.4. The SMILES string of the molecule is CCOC(C)=O.O=C([O-])[O-].[Na+]. The molecule has 11 heavy (non-hydrogen) atoms. The number of esters is 1.